The molecule has 140 valence electrons. The fraction of sp³-hybridized carbons (Fsp3) is 0.368. The van der Waals surface area contributed by atoms with Gasteiger partial charge in [-0.05, 0) is 43.5 Å². The highest BCUT2D eigenvalue weighted by Crippen LogP contribution is 2.40. The average Bonchev–Trinajstić information content (AvgIpc) is 3.39. The smallest absolute Gasteiger partial charge is 0.254 e. The summed E-state index contributed by atoms with van der Waals surface area (Å²) in [5.41, 5.74) is 1.89. The van der Waals surface area contributed by atoms with Crippen molar-refractivity contribution >= 4 is 28.9 Å². The molecular weight excluding hydrogens is 365 g/mol. The fourth-order valence-corrected chi connectivity index (χ4v) is 4.02. The van der Waals surface area contributed by atoms with Crippen LogP contribution in [-0.4, -0.2) is 52.0 Å². The molecule has 0 bridgehead atoms. The molecule has 0 atom stereocenters. The number of aryl methyl sites for hydroxylation is 1. The Hall–Kier alpha value is -2.61. The number of thiazole rings is 1. The summed E-state index contributed by atoms with van der Waals surface area (Å²) in [6, 6.07) is 4.29. The molecule has 2 heterocycles. The summed E-state index contributed by atoms with van der Waals surface area (Å²) in [7, 11) is 0. The molecule has 1 saturated carbocycles. The maximum Gasteiger partial charge on any atom is 0.254 e. The van der Waals surface area contributed by atoms with E-state index >= 15 is 0 Å². The third-order valence-corrected chi connectivity index (χ3v) is 5.81. The van der Waals surface area contributed by atoms with Crippen LogP contribution in [0.25, 0.3) is 0 Å². The van der Waals surface area contributed by atoms with E-state index in [0.29, 0.717) is 35.1 Å². The van der Waals surface area contributed by atoms with Gasteiger partial charge in [-0.3, -0.25) is 15.6 Å². The Kier molecular flexibility index (Phi) is 4.51. The Morgan fingerprint density at radius 3 is 2.78 bits per heavy atom. The standard InChI is InChI=1S/C19H20FN5OS/c1-11-8-13(4-5-14(11)20)19(26)24-6-7-25(16(21)9-24)17(22)18-23-15(10-27-18)12-2-3-12/h4-5,8,10,12,21-22H,2-3,6-7,9H2,1H3. The minimum atomic E-state index is -0.341. The van der Waals surface area contributed by atoms with E-state index in [-0.39, 0.29) is 29.9 Å². The highest BCUT2D eigenvalue weighted by atomic mass is 32.1. The van der Waals surface area contributed by atoms with E-state index in [4.69, 9.17) is 10.8 Å². The van der Waals surface area contributed by atoms with E-state index in [1.807, 2.05) is 5.38 Å². The predicted octanol–water partition coefficient (Wildman–Crippen LogP) is 3.23. The second kappa shape index (κ2) is 6.84. The van der Waals surface area contributed by atoms with Gasteiger partial charge in [-0.25, -0.2) is 9.37 Å². The minimum absolute atomic E-state index is 0.124. The van der Waals surface area contributed by atoms with E-state index in [1.165, 1.54) is 29.5 Å². The lowest BCUT2D eigenvalue weighted by Gasteiger charge is -2.36. The molecule has 1 aliphatic carbocycles. The zero-order valence-corrected chi connectivity index (χ0v) is 15.8. The van der Waals surface area contributed by atoms with Crippen molar-refractivity contribution in [2.45, 2.75) is 25.7 Å². The number of nitrogens with one attached hydrogen (secondary N) is 2. The summed E-state index contributed by atoms with van der Waals surface area (Å²) in [5, 5.41) is 19.3. The molecule has 0 unspecified atom stereocenters. The molecule has 2 aliphatic rings. The number of carbonyl (C=O) groups excluding carboxylic acids is 1. The number of halogens is 1. The van der Waals surface area contributed by atoms with Gasteiger partial charge in [0.1, 0.15) is 11.7 Å². The molecule has 1 aromatic heterocycles. The molecule has 27 heavy (non-hydrogen) atoms. The summed E-state index contributed by atoms with van der Waals surface area (Å²) in [6.07, 6.45) is 2.33. The van der Waals surface area contributed by atoms with Gasteiger partial charge in [0, 0.05) is 30.0 Å². The van der Waals surface area contributed by atoms with E-state index < -0.39 is 0 Å². The van der Waals surface area contributed by atoms with Crippen LogP contribution in [0.1, 0.15) is 45.4 Å². The molecule has 4 rings (SSSR count). The first-order valence-corrected chi connectivity index (χ1v) is 9.76. The first kappa shape index (κ1) is 17.8. The molecule has 0 radical (unpaired) electrons. The Balaban J connectivity index is 1.43. The van der Waals surface area contributed by atoms with Gasteiger partial charge in [0.25, 0.3) is 5.91 Å². The maximum atomic E-state index is 13.4. The number of piperazine rings is 1. The number of amides is 1. The number of benzene rings is 1. The largest absolute Gasteiger partial charge is 0.329 e. The average molecular weight is 385 g/mol. The molecule has 1 aliphatic heterocycles. The number of hydrogen-bond donors (Lipinski definition) is 2. The van der Waals surface area contributed by atoms with Crippen molar-refractivity contribution in [2.24, 2.45) is 0 Å². The first-order valence-electron chi connectivity index (χ1n) is 8.89. The van der Waals surface area contributed by atoms with Crippen molar-refractivity contribution < 1.29 is 9.18 Å². The summed E-state index contributed by atoms with van der Waals surface area (Å²) in [5.74, 6) is 0.394. The number of nitrogens with zero attached hydrogens (tertiary/aromatic N) is 3. The second-order valence-corrected chi connectivity index (χ2v) is 7.85. The third kappa shape index (κ3) is 3.49. The van der Waals surface area contributed by atoms with E-state index in [1.54, 1.807) is 16.7 Å². The van der Waals surface area contributed by atoms with Gasteiger partial charge in [-0.1, -0.05) is 0 Å². The van der Waals surface area contributed by atoms with Crippen molar-refractivity contribution in [3.05, 3.63) is 51.2 Å². The lowest BCUT2D eigenvalue weighted by atomic mass is 10.1. The Morgan fingerprint density at radius 2 is 2.11 bits per heavy atom. The summed E-state index contributed by atoms with van der Waals surface area (Å²) >= 11 is 1.44. The van der Waals surface area contributed by atoms with E-state index in [9.17, 15) is 9.18 Å². The molecular formula is C19H20FN5OS. The SMILES string of the molecule is Cc1cc(C(=O)N2CCN(C(=N)c3nc(C4CC4)cs3)C(=N)C2)ccc1F. The maximum absolute atomic E-state index is 13.4. The van der Waals surface area contributed by atoms with Crippen LogP contribution in [0.5, 0.6) is 0 Å². The fourth-order valence-electron chi connectivity index (χ4n) is 3.16. The summed E-state index contributed by atoms with van der Waals surface area (Å²) in [6.45, 7) is 2.53. The quantitative estimate of drug-likeness (QED) is 0.628. The topological polar surface area (TPSA) is 84.1 Å². The number of carbonyl (C=O) groups is 1. The van der Waals surface area contributed by atoms with Crippen molar-refractivity contribution in [2.75, 3.05) is 19.6 Å². The van der Waals surface area contributed by atoms with Crippen LogP contribution < -0.4 is 0 Å². The van der Waals surface area contributed by atoms with Gasteiger partial charge in [-0.15, -0.1) is 11.3 Å². The van der Waals surface area contributed by atoms with Crippen LogP contribution in [0.2, 0.25) is 0 Å². The Labute approximate surface area is 160 Å². The van der Waals surface area contributed by atoms with Gasteiger partial charge in [0.2, 0.25) is 0 Å². The first-order chi connectivity index (χ1) is 12.9. The molecule has 1 saturated heterocycles. The van der Waals surface area contributed by atoms with Crippen molar-refractivity contribution in [1.82, 2.24) is 14.8 Å². The van der Waals surface area contributed by atoms with Crippen molar-refractivity contribution in [3.63, 3.8) is 0 Å². The van der Waals surface area contributed by atoms with Crippen LogP contribution in [0.4, 0.5) is 4.39 Å². The van der Waals surface area contributed by atoms with Gasteiger partial charge in [-0.2, -0.15) is 0 Å². The van der Waals surface area contributed by atoms with E-state index in [0.717, 1.165) is 18.5 Å². The lowest BCUT2D eigenvalue weighted by molar-refractivity contribution is 0.0757. The highest BCUT2D eigenvalue weighted by Gasteiger charge is 2.31. The number of amidine groups is 2. The lowest BCUT2D eigenvalue weighted by Crippen LogP contribution is -2.53. The highest BCUT2D eigenvalue weighted by molar-refractivity contribution is 7.11. The molecule has 1 aromatic carbocycles. The second-order valence-electron chi connectivity index (χ2n) is 6.99. The van der Waals surface area contributed by atoms with Crippen molar-refractivity contribution in [3.8, 4) is 0 Å². The summed E-state index contributed by atoms with van der Waals surface area (Å²) < 4.78 is 13.4. The number of hydrogen-bond acceptors (Lipinski definition) is 5. The van der Waals surface area contributed by atoms with Crippen molar-refractivity contribution in [1.29, 1.82) is 10.8 Å². The predicted molar refractivity (Wildman–Crippen MR) is 102 cm³/mol. The monoisotopic (exact) mass is 385 g/mol. The van der Waals surface area contributed by atoms with Gasteiger partial charge < -0.3 is 9.80 Å². The number of aromatic nitrogens is 1. The molecule has 6 nitrogen and oxygen atoms in total. The molecule has 8 heteroatoms. The minimum Gasteiger partial charge on any atom is -0.329 e. The molecule has 2 N–H and O–H groups in total. The number of rotatable bonds is 3. The van der Waals surface area contributed by atoms with Crippen LogP contribution in [0.15, 0.2) is 23.6 Å². The molecule has 0 spiro atoms. The Bertz CT molecular complexity index is 936. The van der Waals surface area contributed by atoms with Crippen LogP contribution in [-0.2, 0) is 0 Å². The molecule has 2 fully saturated rings. The third-order valence-electron chi connectivity index (χ3n) is 4.94. The van der Waals surface area contributed by atoms with Crippen LogP contribution >= 0.6 is 11.3 Å². The van der Waals surface area contributed by atoms with Crippen LogP contribution in [0.3, 0.4) is 0 Å². The normalized spacial score (nSPS) is 17.3. The van der Waals surface area contributed by atoms with Gasteiger partial charge in [0.15, 0.2) is 10.8 Å². The van der Waals surface area contributed by atoms with Gasteiger partial charge >= 0.3 is 0 Å². The zero-order chi connectivity index (χ0) is 19.1. The summed E-state index contributed by atoms with van der Waals surface area (Å²) in [4.78, 5) is 20.4. The molecule has 2 aromatic rings. The van der Waals surface area contributed by atoms with E-state index in [2.05, 4.69) is 4.98 Å². The van der Waals surface area contributed by atoms with Crippen LogP contribution in [0, 0.1) is 23.6 Å². The zero-order valence-electron chi connectivity index (χ0n) is 15.0. The molecule has 1 amide bonds. The Morgan fingerprint density at radius 1 is 1.33 bits per heavy atom. The van der Waals surface area contributed by atoms with Gasteiger partial charge in [0.05, 0.1) is 12.2 Å².